The first-order chi connectivity index (χ1) is 9.30. The monoisotopic (exact) mass is 341 g/mol. The third-order valence-electron chi connectivity index (χ3n) is 3.90. The van der Waals surface area contributed by atoms with Gasteiger partial charge in [-0.3, -0.25) is 0 Å². The minimum Gasteiger partial charge on any atom is -0.379 e. The van der Waals surface area contributed by atoms with Crippen molar-refractivity contribution in [3.8, 4) is 0 Å². The maximum Gasteiger partial charge on any atom is 0.0623 e. The zero-order chi connectivity index (χ0) is 15.3. The van der Waals surface area contributed by atoms with E-state index in [1.54, 1.807) is 7.11 Å². The standard InChI is InChI=1S/C17H28BrNO/c1-7-19-15(8-9-17(4,5)20-6)14-10-12(2)16(18)13(3)11-14/h10-11,15,19H,7-9H2,1-6H3. The van der Waals surface area contributed by atoms with Crippen molar-refractivity contribution in [2.24, 2.45) is 0 Å². The number of methoxy groups -OCH3 is 1. The average Bonchev–Trinajstić information content (AvgIpc) is 2.40. The fourth-order valence-corrected chi connectivity index (χ4v) is 2.64. The van der Waals surface area contributed by atoms with Crippen molar-refractivity contribution in [2.45, 2.75) is 59.1 Å². The largest absolute Gasteiger partial charge is 0.379 e. The highest BCUT2D eigenvalue weighted by Crippen LogP contribution is 2.29. The lowest BCUT2D eigenvalue weighted by Crippen LogP contribution is -2.27. The molecule has 0 aliphatic rings. The van der Waals surface area contributed by atoms with E-state index in [9.17, 15) is 0 Å². The molecule has 0 saturated heterocycles. The van der Waals surface area contributed by atoms with E-state index in [1.807, 2.05) is 0 Å². The molecule has 0 bridgehead atoms. The van der Waals surface area contributed by atoms with E-state index in [0.717, 1.165) is 19.4 Å². The molecule has 1 atom stereocenters. The van der Waals surface area contributed by atoms with Crippen LogP contribution >= 0.6 is 15.9 Å². The molecule has 0 aliphatic carbocycles. The molecule has 1 rings (SSSR count). The topological polar surface area (TPSA) is 21.3 Å². The van der Waals surface area contributed by atoms with Gasteiger partial charge in [0.1, 0.15) is 0 Å². The van der Waals surface area contributed by atoms with E-state index in [0.29, 0.717) is 6.04 Å². The van der Waals surface area contributed by atoms with E-state index >= 15 is 0 Å². The summed E-state index contributed by atoms with van der Waals surface area (Å²) < 4.78 is 6.75. The minimum atomic E-state index is -0.0624. The summed E-state index contributed by atoms with van der Waals surface area (Å²) >= 11 is 3.64. The molecule has 0 fully saturated rings. The van der Waals surface area contributed by atoms with Crippen molar-refractivity contribution in [3.05, 3.63) is 33.3 Å². The molecule has 0 aliphatic heterocycles. The van der Waals surface area contributed by atoms with Gasteiger partial charge >= 0.3 is 0 Å². The van der Waals surface area contributed by atoms with Gasteiger partial charge in [0.25, 0.3) is 0 Å². The lowest BCUT2D eigenvalue weighted by atomic mass is 9.93. The smallest absolute Gasteiger partial charge is 0.0623 e. The van der Waals surface area contributed by atoms with Crippen LogP contribution in [0.5, 0.6) is 0 Å². The van der Waals surface area contributed by atoms with E-state index in [-0.39, 0.29) is 5.60 Å². The molecule has 3 heteroatoms. The van der Waals surface area contributed by atoms with Crippen LogP contribution in [0.1, 0.15) is 56.3 Å². The first kappa shape index (κ1) is 17.7. The molecule has 1 aromatic carbocycles. The van der Waals surface area contributed by atoms with Crippen molar-refractivity contribution in [1.29, 1.82) is 0 Å². The second-order valence-electron chi connectivity index (χ2n) is 6.08. The highest BCUT2D eigenvalue weighted by Gasteiger charge is 2.20. The van der Waals surface area contributed by atoms with Gasteiger partial charge in [-0.1, -0.05) is 35.0 Å². The fraction of sp³-hybridized carbons (Fsp3) is 0.647. The Balaban J connectivity index is 2.91. The Hall–Kier alpha value is -0.380. The quantitative estimate of drug-likeness (QED) is 0.759. The molecule has 20 heavy (non-hydrogen) atoms. The number of ether oxygens (including phenoxy) is 1. The van der Waals surface area contributed by atoms with Crippen molar-refractivity contribution in [3.63, 3.8) is 0 Å². The summed E-state index contributed by atoms with van der Waals surface area (Å²) in [6.07, 6.45) is 2.12. The van der Waals surface area contributed by atoms with Crippen LogP contribution < -0.4 is 5.32 Å². The molecule has 2 nitrogen and oxygen atoms in total. The Labute approximate surface area is 132 Å². The lowest BCUT2D eigenvalue weighted by Gasteiger charge is -2.27. The molecule has 114 valence electrons. The highest BCUT2D eigenvalue weighted by molar-refractivity contribution is 9.10. The van der Waals surface area contributed by atoms with Crippen LogP contribution in [-0.4, -0.2) is 19.3 Å². The van der Waals surface area contributed by atoms with Crippen molar-refractivity contribution in [2.75, 3.05) is 13.7 Å². The van der Waals surface area contributed by atoms with Gasteiger partial charge in [-0.15, -0.1) is 0 Å². The van der Waals surface area contributed by atoms with Crippen LogP contribution in [0.2, 0.25) is 0 Å². The van der Waals surface area contributed by atoms with Gasteiger partial charge in [0.05, 0.1) is 5.60 Å². The van der Waals surface area contributed by atoms with E-state index < -0.39 is 0 Å². The Morgan fingerprint density at radius 1 is 1.25 bits per heavy atom. The summed E-state index contributed by atoms with van der Waals surface area (Å²) in [7, 11) is 1.79. The van der Waals surface area contributed by atoms with Gasteiger partial charge in [-0.25, -0.2) is 0 Å². The lowest BCUT2D eigenvalue weighted by molar-refractivity contribution is 0.0117. The van der Waals surface area contributed by atoms with Crippen LogP contribution in [0.25, 0.3) is 0 Å². The Morgan fingerprint density at radius 3 is 2.25 bits per heavy atom. The summed E-state index contributed by atoms with van der Waals surface area (Å²) in [6, 6.07) is 4.95. The summed E-state index contributed by atoms with van der Waals surface area (Å²) in [5.41, 5.74) is 3.91. The van der Waals surface area contributed by atoms with Crippen molar-refractivity contribution < 1.29 is 4.74 Å². The predicted molar refractivity (Wildman–Crippen MR) is 90.4 cm³/mol. The first-order valence-corrected chi connectivity index (χ1v) is 8.15. The van der Waals surface area contributed by atoms with Crippen LogP contribution in [0.3, 0.4) is 0 Å². The number of rotatable bonds is 7. The van der Waals surface area contributed by atoms with Gasteiger partial charge in [-0.2, -0.15) is 0 Å². The molecule has 1 unspecified atom stereocenters. The molecule has 0 radical (unpaired) electrons. The van der Waals surface area contributed by atoms with E-state index in [4.69, 9.17) is 4.74 Å². The SMILES string of the molecule is CCNC(CCC(C)(C)OC)c1cc(C)c(Br)c(C)c1. The van der Waals surface area contributed by atoms with E-state index in [2.05, 4.69) is 68.0 Å². The number of halogens is 1. The summed E-state index contributed by atoms with van der Waals surface area (Å²) in [5.74, 6) is 0. The molecular formula is C17H28BrNO. The number of hydrogen-bond donors (Lipinski definition) is 1. The molecule has 1 N–H and O–H groups in total. The van der Waals surface area contributed by atoms with Crippen LogP contribution in [0.15, 0.2) is 16.6 Å². The third-order valence-corrected chi connectivity index (χ3v) is 5.15. The van der Waals surface area contributed by atoms with Crippen LogP contribution in [0.4, 0.5) is 0 Å². The van der Waals surface area contributed by atoms with Crippen LogP contribution in [0, 0.1) is 13.8 Å². The van der Waals surface area contributed by atoms with Crippen molar-refractivity contribution in [1.82, 2.24) is 5.32 Å². The normalized spacial score (nSPS) is 13.6. The molecule has 0 amide bonds. The Kier molecular flexibility index (Phi) is 6.70. The number of hydrogen-bond acceptors (Lipinski definition) is 2. The summed E-state index contributed by atoms with van der Waals surface area (Å²) in [5, 5.41) is 3.60. The first-order valence-electron chi connectivity index (χ1n) is 7.36. The molecule has 0 aromatic heterocycles. The van der Waals surface area contributed by atoms with Gasteiger partial charge < -0.3 is 10.1 Å². The summed E-state index contributed by atoms with van der Waals surface area (Å²) in [4.78, 5) is 0. The predicted octanol–water partition coefficient (Wildman–Crippen LogP) is 4.92. The Morgan fingerprint density at radius 2 is 1.80 bits per heavy atom. The van der Waals surface area contributed by atoms with Crippen LogP contribution in [-0.2, 0) is 4.74 Å². The molecule has 1 aromatic rings. The Bertz CT molecular complexity index is 420. The minimum absolute atomic E-state index is 0.0624. The molecule has 0 heterocycles. The zero-order valence-electron chi connectivity index (χ0n) is 13.6. The average molecular weight is 342 g/mol. The third kappa shape index (κ3) is 4.87. The second kappa shape index (κ2) is 7.58. The molecule has 0 saturated carbocycles. The van der Waals surface area contributed by atoms with Gasteiger partial charge in [-0.05, 0) is 63.8 Å². The number of aryl methyl sites for hydroxylation is 2. The second-order valence-corrected chi connectivity index (χ2v) is 6.87. The highest BCUT2D eigenvalue weighted by atomic mass is 79.9. The van der Waals surface area contributed by atoms with Crippen molar-refractivity contribution >= 4 is 15.9 Å². The summed E-state index contributed by atoms with van der Waals surface area (Å²) in [6.45, 7) is 11.7. The van der Waals surface area contributed by atoms with Gasteiger partial charge in [0.15, 0.2) is 0 Å². The van der Waals surface area contributed by atoms with E-state index in [1.165, 1.54) is 21.2 Å². The zero-order valence-corrected chi connectivity index (χ0v) is 15.2. The van der Waals surface area contributed by atoms with Gasteiger partial charge in [0.2, 0.25) is 0 Å². The maximum absolute atomic E-state index is 5.53. The maximum atomic E-state index is 5.53. The number of nitrogens with one attached hydrogen (secondary N) is 1. The van der Waals surface area contributed by atoms with Gasteiger partial charge in [0, 0.05) is 17.6 Å². The fourth-order valence-electron chi connectivity index (χ4n) is 2.41. The number of benzene rings is 1. The molecular weight excluding hydrogens is 314 g/mol. The molecule has 0 spiro atoms.